The molecule has 1 fully saturated rings. The highest BCUT2D eigenvalue weighted by Crippen LogP contribution is 2.31. The molecule has 1 N–H and O–H groups in total. The van der Waals surface area contributed by atoms with Crippen LogP contribution in [0.2, 0.25) is 5.02 Å². The van der Waals surface area contributed by atoms with Crippen LogP contribution in [0.15, 0.2) is 16.6 Å². The third-order valence-electron chi connectivity index (χ3n) is 2.96. The highest BCUT2D eigenvalue weighted by atomic mass is 79.9. The predicted molar refractivity (Wildman–Crippen MR) is 69.8 cm³/mol. The lowest BCUT2D eigenvalue weighted by atomic mass is 10.2. The minimum absolute atomic E-state index is 0.625. The average Bonchev–Trinajstić information content (AvgIpc) is 2.67. The summed E-state index contributed by atoms with van der Waals surface area (Å²) in [5.41, 5.74) is 2.23. The second-order valence-corrected chi connectivity index (χ2v) is 5.47. The van der Waals surface area contributed by atoms with Gasteiger partial charge in [0.15, 0.2) is 0 Å². The number of hydrogen-bond acceptors (Lipinski definition) is 1. The summed E-state index contributed by atoms with van der Waals surface area (Å²) < 4.78 is 1.11. The van der Waals surface area contributed by atoms with Crippen molar-refractivity contribution in [3.05, 3.63) is 27.2 Å². The van der Waals surface area contributed by atoms with Crippen LogP contribution in [0.5, 0.6) is 0 Å². The molecule has 1 aliphatic rings. The van der Waals surface area contributed by atoms with Crippen molar-refractivity contribution in [3.63, 3.8) is 0 Å². The predicted octanol–water partition coefficient (Wildman–Crippen LogP) is 4.77. The Morgan fingerprint density at radius 2 is 2.00 bits per heavy atom. The number of aryl methyl sites for hydroxylation is 1. The third kappa shape index (κ3) is 2.67. The maximum absolute atomic E-state index is 6.11. The zero-order valence-corrected chi connectivity index (χ0v) is 11.2. The van der Waals surface area contributed by atoms with Gasteiger partial charge in [0, 0.05) is 15.5 Å². The van der Waals surface area contributed by atoms with Crippen LogP contribution in [-0.2, 0) is 0 Å². The standard InChI is InChI=1S/C12H15BrClN/c1-8-6-10(13)12(7-11(8)14)15-9-4-2-3-5-9/h6-7,9,15H,2-5H2,1H3. The molecule has 0 aliphatic heterocycles. The lowest BCUT2D eigenvalue weighted by Crippen LogP contribution is -2.14. The fraction of sp³-hybridized carbons (Fsp3) is 0.500. The molecule has 2 rings (SSSR count). The van der Waals surface area contributed by atoms with E-state index in [4.69, 9.17) is 11.6 Å². The molecule has 0 heterocycles. The SMILES string of the molecule is Cc1cc(Br)c(NC2CCCC2)cc1Cl. The average molecular weight is 289 g/mol. The Morgan fingerprint density at radius 3 is 2.67 bits per heavy atom. The summed E-state index contributed by atoms with van der Waals surface area (Å²) in [5, 5.41) is 4.38. The van der Waals surface area contributed by atoms with Crippen molar-refractivity contribution < 1.29 is 0 Å². The van der Waals surface area contributed by atoms with Crippen LogP contribution in [0.3, 0.4) is 0 Å². The van der Waals surface area contributed by atoms with Crippen LogP contribution in [0, 0.1) is 6.92 Å². The summed E-state index contributed by atoms with van der Waals surface area (Å²) in [6.45, 7) is 2.02. The molecule has 3 heteroatoms. The van der Waals surface area contributed by atoms with Crippen molar-refractivity contribution in [1.29, 1.82) is 0 Å². The first-order valence-electron chi connectivity index (χ1n) is 5.39. The topological polar surface area (TPSA) is 12.0 Å². The normalized spacial score (nSPS) is 17.0. The van der Waals surface area contributed by atoms with Gasteiger partial charge >= 0.3 is 0 Å². The molecule has 0 bridgehead atoms. The van der Waals surface area contributed by atoms with Crippen molar-refractivity contribution in [1.82, 2.24) is 0 Å². The molecule has 0 radical (unpaired) electrons. The number of rotatable bonds is 2. The van der Waals surface area contributed by atoms with Crippen molar-refractivity contribution in [3.8, 4) is 0 Å². The minimum atomic E-state index is 0.625. The second kappa shape index (κ2) is 4.75. The van der Waals surface area contributed by atoms with Gasteiger partial charge < -0.3 is 5.32 Å². The number of benzene rings is 1. The summed E-state index contributed by atoms with van der Waals surface area (Å²) in [6, 6.07) is 4.71. The number of halogens is 2. The Kier molecular flexibility index (Phi) is 3.57. The van der Waals surface area contributed by atoms with Gasteiger partial charge in [-0.15, -0.1) is 0 Å². The van der Waals surface area contributed by atoms with Gasteiger partial charge in [0.1, 0.15) is 0 Å². The lowest BCUT2D eigenvalue weighted by Gasteiger charge is -2.16. The maximum atomic E-state index is 6.11. The molecule has 15 heavy (non-hydrogen) atoms. The zero-order chi connectivity index (χ0) is 10.8. The van der Waals surface area contributed by atoms with Crippen LogP contribution in [0.1, 0.15) is 31.2 Å². The number of hydrogen-bond donors (Lipinski definition) is 1. The largest absolute Gasteiger partial charge is 0.381 e. The molecule has 1 saturated carbocycles. The monoisotopic (exact) mass is 287 g/mol. The highest BCUT2D eigenvalue weighted by Gasteiger charge is 2.15. The molecular weight excluding hydrogens is 273 g/mol. The van der Waals surface area contributed by atoms with Gasteiger partial charge in [0.2, 0.25) is 0 Å². The summed E-state index contributed by atoms with van der Waals surface area (Å²) in [6.07, 6.45) is 5.24. The van der Waals surface area contributed by atoms with Gasteiger partial charge in [-0.1, -0.05) is 24.4 Å². The molecule has 82 valence electrons. The van der Waals surface area contributed by atoms with E-state index in [1.165, 1.54) is 25.7 Å². The first-order valence-corrected chi connectivity index (χ1v) is 6.56. The fourth-order valence-electron chi connectivity index (χ4n) is 2.05. The second-order valence-electron chi connectivity index (χ2n) is 4.21. The van der Waals surface area contributed by atoms with E-state index < -0.39 is 0 Å². The smallest absolute Gasteiger partial charge is 0.0501 e. The van der Waals surface area contributed by atoms with Crippen molar-refractivity contribution >= 4 is 33.2 Å². The van der Waals surface area contributed by atoms with Crippen LogP contribution in [0.25, 0.3) is 0 Å². The summed E-state index contributed by atoms with van der Waals surface area (Å²) >= 11 is 9.68. The van der Waals surface area contributed by atoms with Crippen LogP contribution in [0.4, 0.5) is 5.69 Å². The first kappa shape index (κ1) is 11.3. The van der Waals surface area contributed by atoms with Gasteiger partial charge in [-0.25, -0.2) is 0 Å². The Hall–Kier alpha value is -0.210. The summed E-state index contributed by atoms with van der Waals surface area (Å²) in [7, 11) is 0. The zero-order valence-electron chi connectivity index (χ0n) is 8.82. The maximum Gasteiger partial charge on any atom is 0.0501 e. The first-order chi connectivity index (χ1) is 7.16. The van der Waals surface area contributed by atoms with Crippen molar-refractivity contribution in [2.75, 3.05) is 5.32 Å². The van der Waals surface area contributed by atoms with Gasteiger partial charge in [-0.2, -0.15) is 0 Å². The van der Waals surface area contributed by atoms with E-state index in [1.807, 2.05) is 13.0 Å². The van der Waals surface area contributed by atoms with E-state index >= 15 is 0 Å². The molecular formula is C12H15BrClN. The molecule has 0 atom stereocenters. The van der Waals surface area contributed by atoms with E-state index in [1.54, 1.807) is 0 Å². The minimum Gasteiger partial charge on any atom is -0.381 e. The van der Waals surface area contributed by atoms with Crippen LogP contribution >= 0.6 is 27.5 Å². The van der Waals surface area contributed by atoms with E-state index in [2.05, 4.69) is 27.3 Å². The van der Waals surface area contributed by atoms with E-state index in [-0.39, 0.29) is 0 Å². The number of nitrogens with one attached hydrogen (secondary N) is 1. The van der Waals surface area contributed by atoms with Gasteiger partial charge in [0.05, 0.1) is 5.69 Å². The van der Waals surface area contributed by atoms with Gasteiger partial charge in [0.25, 0.3) is 0 Å². The Morgan fingerprint density at radius 1 is 1.33 bits per heavy atom. The molecule has 0 saturated heterocycles. The summed E-state index contributed by atoms with van der Waals surface area (Å²) in [4.78, 5) is 0. The molecule has 1 aromatic carbocycles. The summed E-state index contributed by atoms with van der Waals surface area (Å²) in [5.74, 6) is 0. The van der Waals surface area contributed by atoms with Crippen LogP contribution < -0.4 is 5.32 Å². The number of anilines is 1. The Balaban J connectivity index is 2.16. The Labute approximate surface area is 104 Å². The van der Waals surface area contributed by atoms with Crippen molar-refractivity contribution in [2.24, 2.45) is 0 Å². The quantitative estimate of drug-likeness (QED) is 0.827. The third-order valence-corrected chi connectivity index (χ3v) is 4.03. The van der Waals surface area contributed by atoms with Crippen molar-refractivity contribution in [2.45, 2.75) is 38.6 Å². The van der Waals surface area contributed by atoms with Crippen LogP contribution in [-0.4, -0.2) is 6.04 Å². The highest BCUT2D eigenvalue weighted by molar-refractivity contribution is 9.10. The van der Waals surface area contributed by atoms with E-state index in [0.717, 1.165) is 20.7 Å². The van der Waals surface area contributed by atoms with Gasteiger partial charge in [-0.3, -0.25) is 0 Å². The molecule has 1 aliphatic carbocycles. The van der Waals surface area contributed by atoms with Gasteiger partial charge in [-0.05, 0) is 53.4 Å². The molecule has 0 unspecified atom stereocenters. The molecule has 1 nitrogen and oxygen atoms in total. The Bertz CT molecular complexity index is 359. The molecule has 0 amide bonds. The molecule has 0 aromatic heterocycles. The van der Waals surface area contributed by atoms with E-state index in [9.17, 15) is 0 Å². The lowest BCUT2D eigenvalue weighted by molar-refractivity contribution is 0.755. The fourth-order valence-corrected chi connectivity index (χ4v) is 2.78. The molecule has 1 aromatic rings. The van der Waals surface area contributed by atoms with E-state index in [0.29, 0.717) is 6.04 Å². The molecule has 0 spiro atoms.